The number of ether oxygens (including phenoxy) is 2. The van der Waals surface area contributed by atoms with E-state index in [2.05, 4.69) is 11.3 Å². The van der Waals surface area contributed by atoms with E-state index in [4.69, 9.17) is 10.5 Å². The quantitative estimate of drug-likeness (QED) is 0.632. The van der Waals surface area contributed by atoms with E-state index in [1.807, 2.05) is 0 Å². The van der Waals surface area contributed by atoms with E-state index in [0.29, 0.717) is 6.61 Å². The highest BCUT2D eigenvalue weighted by atomic mass is 16.6. The zero-order valence-electron chi connectivity index (χ0n) is 7.50. The summed E-state index contributed by atoms with van der Waals surface area (Å²) >= 11 is 0. The van der Waals surface area contributed by atoms with E-state index in [1.165, 1.54) is 0 Å². The first kappa shape index (κ1) is 11.0. The molecule has 0 spiro atoms. The highest BCUT2D eigenvalue weighted by Gasteiger charge is 2.19. The van der Waals surface area contributed by atoms with E-state index in [-0.39, 0.29) is 6.61 Å². The molecule has 0 atom stereocenters. The molecule has 2 N–H and O–H groups in total. The van der Waals surface area contributed by atoms with E-state index in [9.17, 15) is 4.79 Å². The van der Waals surface area contributed by atoms with Crippen LogP contribution in [0.4, 0.5) is 4.79 Å². The fraction of sp³-hybridized carbons (Fsp3) is 0.625. The highest BCUT2D eigenvalue weighted by molar-refractivity contribution is 5.64. The third-order valence-electron chi connectivity index (χ3n) is 1.15. The van der Waals surface area contributed by atoms with Crippen molar-refractivity contribution in [3.8, 4) is 0 Å². The van der Waals surface area contributed by atoms with Crippen molar-refractivity contribution in [2.75, 3.05) is 13.2 Å². The summed E-state index contributed by atoms with van der Waals surface area (Å²) in [4.78, 5) is 10.2. The number of carbonyl (C=O) groups is 1. The lowest BCUT2D eigenvalue weighted by molar-refractivity contribution is -0.0438. The van der Waals surface area contributed by atoms with Gasteiger partial charge in [-0.3, -0.25) is 0 Å². The van der Waals surface area contributed by atoms with E-state index in [1.54, 1.807) is 19.9 Å². The number of primary amides is 1. The molecule has 4 nitrogen and oxygen atoms in total. The number of carbonyl (C=O) groups excluding carboxylic acids is 1. The molecule has 0 aromatic carbocycles. The van der Waals surface area contributed by atoms with Gasteiger partial charge in [0.05, 0.1) is 12.2 Å². The monoisotopic (exact) mass is 173 g/mol. The van der Waals surface area contributed by atoms with Crippen LogP contribution in [0.15, 0.2) is 12.7 Å². The lowest BCUT2D eigenvalue weighted by Gasteiger charge is -2.23. The van der Waals surface area contributed by atoms with Crippen LogP contribution in [0.1, 0.15) is 13.8 Å². The summed E-state index contributed by atoms with van der Waals surface area (Å²) in [6.45, 7) is 7.69. The number of rotatable bonds is 5. The molecule has 12 heavy (non-hydrogen) atoms. The van der Waals surface area contributed by atoms with Crippen LogP contribution in [0.2, 0.25) is 0 Å². The highest BCUT2D eigenvalue weighted by Crippen LogP contribution is 2.08. The molecular formula is C8H15NO3. The Morgan fingerprint density at radius 3 is 2.67 bits per heavy atom. The smallest absolute Gasteiger partial charge is 0.404 e. The first-order valence-electron chi connectivity index (χ1n) is 3.65. The lowest BCUT2D eigenvalue weighted by atomic mass is 10.1. The summed E-state index contributed by atoms with van der Waals surface area (Å²) in [6, 6.07) is 0. The van der Waals surface area contributed by atoms with Gasteiger partial charge in [-0.25, -0.2) is 4.79 Å². The van der Waals surface area contributed by atoms with Gasteiger partial charge >= 0.3 is 6.09 Å². The van der Waals surface area contributed by atoms with Crippen LogP contribution in [-0.2, 0) is 9.47 Å². The standard InChI is InChI=1S/C8H15NO3/c1-4-5-12-8(2,3)6-11-7(9)10/h4H,1,5-6H2,2-3H3,(H2,9,10). The number of hydrogen-bond acceptors (Lipinski definition) is 3. The van der Waals surface area contributed by atoms with Crippen LogP contribution in [0.25, 0.3) is 0 Å². The molecule has 0 heterocycles. The summed E-state index contributed by atoms with van der Waals surface area (Å²) in [7, 11) is 0. The van der Waals surface area contributed by atoms with Gasteiger partial charge in [0.1, 0.15) is 6.61 Å². The number of nitrogens with two attached hydrogens (primary N) is 1. The number of hydrogen-bond donors (Lipinski definition) is 1. The maximum atomic E-state index is 10.2. The average Bonchev–Trinajstić information content (AvgIpc) is 1.98. The van der Waals surface area contributed by atoms with Crippen molar-refractivity contribution < 1.29 is 14.3 Å². The van der Waals surface area contributed by atoms with E-state index >= 15 is 0 Å². The van der Waals surface area contributed by atoms with Crippen LogP contribution in [0, 0.1) is 0 Å². The molecule has 0 aromatic heterocycles. The largest absolute Gasteiger partial charge is 0.447 e. The second kappa shape index (κ2) is 4.77. The molecule has 0 fully saturated rings. The third-order valence-corrected chi connectivity index (χ3v) is 1.15. The Morgan fingerprint density at radius 1 is 1.67 bits per heavy atom. The Labute approximate surface area is 72.3 Å². The Hall–Kier alpha value is -1.03. The van der Waals surface area contributed by atoms with Crippen LogP contribution in [0.3, 0.4) is 0 Å². The second-order valence-electron chi connectivity index (χ2n) is 2.97. The molecular weight excluding hydrogens is 158 g/mol. The molecule has 0 aromatic rings. The number of amides is 1. The van der Waals surface area contributed by atoms with Gasteiger partial charge in [-0.05, 0) is 13.8 Å². The molecule has 0 saturated carbocycles. The molecule has 0 radical (unpaired) electrons. The Bertz CT molecular complexity index is 166. The average molecular weight is 173 g/mol. The van der Waals surface area contributed by atoms with Gasteiger partial charge in [-0.15, -0.1) is 6.58 Å². The summed E-state index contributed by atoms with van der Waals surface area (Å²) < 4.78 is 9.86. The van der Waals surface area contributed by atoms with Gasteiger partial charge in [0.2, 0.25) is 0 Å². The second-order valence-corrected chi connectivity index (χ2v) is 2.97. The van der Waals surface area contributed by atoms with Gasteiger partial charge in [0.25, 0.3) is 0 Å². The zero-order chi connectivity index (χ0) is 9.61. The molecule has 0 bridgehead atoms. The lowest BCUT2D eigenvalue weighted by Crippen LogP contribution is -2.33. The first-order chi connectivity index (χ1) is 5.48. The van der Waals surface area contributed by atoms with Crippen molar-refractivity contribution in [3.63, 3.8) is 0 Å². The SMILES string of the molecule is C=CCOC(C)(C)COC(N)=O. The van der Waals surface area contributed by atoms with E-state index < -0.39 is 11.7 Å². The van der Waals surface area contributed by atoms with Gasteiger partial charge in [0, 0.05) is 0 Å². The topological polar surface area (TPSA) is 61.6 Å². The first-order valence-corrected chi connectivity index (χ1v) is 3.65. The van der Waals surface area contributed by atoms with Gasteiger partial charge < -0.3 is 15.2 Å². The van der Waals surface area contributed by atoms with Gasteiger partial charge in [0.15, 0.2) is 0 Å². The Morgan fingerprint density at radius 2 is 2.25 bits per heavy atom. The molecule has 0 aliphatic rings. The molecule has 0 unspecified atom stereocenters. The van der Waals surface area contributed by atoms with Crippen molar-refractivity contribution in [3.05, 3.63) is 12.7 Å². The molecule has 0 aliphatic carbocycles. The van der Waals surface area contributed by atoms with Crippen molar-refractivity contribution in [2.45, 2.75) is 19.4 Å². The van der Waals surface area contributed by atoms with Crippen molar-refractivity contribution >= 4 is 6.09 Å². The third kappa shape index (κ3) is 5.73. The van der Waals surface area contributed by atoms with Crippen LogP contribution < -0.4 is 5.73 Å². The summed E-state index contributed by atoms with van der Waals surface area (Å²) in [5, 5.41) is 0. The van der Waals surface area contributed by atoms with Crippen molar-refractivity contribution in [1.29, 1.82) is 0 Å². The summed E-state index contributed by atoms with van der Waals surface area (Å²) in [5.74, 6) is 0. The van der Waals surface area contributed by atoms with Gasteiger partial charge in [-0.2, -0.15) is 0 Å². The Kier molecular flexibility index (Phi) is 4.36. The minimum atomic E-state index is -0.787. The summed E-state index contributed by atoms with van der Waals surface area (Å²) in [6.07, 6.45) is 0.844. The zero-order valence-corrected chi connectivity index (χ0v) is 7.50. The van der Waals surface area contributed by atoms with Gasteiger partial charge in [-0.1, -0.05) is 6.08 Å². The Balaban J connectivity index is 3.69. The van der Waals surface area contributed by atoms with Crippen LogP contribution in [0.5, 0.6) is 0 Å². The van der Waals surface area contributed by atoms with Crippen molar-refractivity contribution in [1.82, 2.24) is 0 Å². The molecule has 4 heteroatoms. The summed E-state index contributed by atoms with van der Waals surface area (Å²) in [5.41, 5.74) is 4.28. The fourth-order valence-electron chi connectivity index (χ4n) is 0.571. The van der Waals surface area contributed by atoms with Crippen molar-refractivity contribution in [2.24, 2.45) is 5.73 Å². The minimum Gasteiger partial charge on any atom is -0.447 e. The van der Waals surface area contributed by atoms with Crippen LogP contribution >= 0.6 is 0 Å². The molecule has 0 rings (SSSR count). The van der Waals surface area contributed by atoms with E-state index in [0.717, 1.165) is 0 Å². The predicted octanol–water partition coefficient (Wildman–Crippen LogP) is 1.06. The normalized spacial score (nSPS) is 10.8. The molecule has 1 amide bonds. The maximum Gasteiger partial charge on any atom is 0.404 e. The maximum absolute atomic E-state index is 10.2. The molecule has 0 saturated heterocycles. The fourth-order valence-corrected chi connectivity index (χ4v) is 0.571. The van der Waals surface area contributed by atoms with Crippen LogP contribution in [-0.4, -0.2) is 24.9 Å². The molecule has 70 valence electrons. The molecule has 0 aliphatic heterocycles. The predicted molar refractivity (Wildman–Crippen MR) is 45.8 cm³/mol. The minimum absolute atomic E-state index is 0.149.